The molecule has 2 aromatic rings. The van der Waals surface area contributed by atoms with Crippen molar-refractivity contribution in [3.05, 3.63) is 41.7 Å². The zero-order valence-corrected chi connectivity index (χ0v) is 10.9. The minimum atomic E-state index is -0.441. The standard InChI is InChI=1S/C13H15FN4O/c1-3-11-15-12(17-16-11)13(19)18(4-2)10-8-6-5-7-9(10)14/h5-8H,3-4H2,1-2H3,(H,15,16,17). The highest BCUT2D eigenvalue weighted by molar-refractivity contribution is 6.03. The van der Waals surface area contributed by atoms with Gasteiger partial charge in [0.25, 0.3) is 5.91 Å². The predicted molar refractivity (Wildman–Crippen MR) is 69.5 cm³/mol. The second-order valence-corrected chi connectivity index (χ2v) is 3.96. The van der Waals surface area contributed by atoms with Crippen LogP contribution >= 0.6 is 0 Å². The fourth-order valence-electron chi connectivity index (χ4n) is 1.76. The van der Waals surface area contributed by atoms with Crippen LogP contribution in [0.15, 0.2) is 24.3 Å². The number of aromatic amines is 1. The van der Waals surface area contributed by atoms with Gasteiger partial charge >= 0.3 is 0 Å². The molecular weight excluding hydrogens is 247 g/mol. The highest BCUT2D eigenvalue weighted by Gasteiger charge is 2.22. The molecule has 1 aromatic carbocycles. The van der Waals surface area contributed by atoms with E-state index in [4.69, 9.17) is 0 Å². The number of aromatic nitrogens is 3. The lowest BCUT2D eigenvalue weighted by atomic mass is 10.2. The van der Waals surface area contributed by atoms with E-state index in [1.54, 1.807) is 25.1 Å². The van der Waals surface area contributed by atoms with Gasteiger partial charge in [0.1, 0.15) is 11.6 Å². The fraction of sp³-hybridized carbons (Fsp3) is 0.308. The van der Waals surface area contributed by atoms with Gasteiger partial charge in [-0.25, -0.2) is 9.37 Å². The van der Waals surface area contributed by atoms with E-state index in [0.29, 0.717) is 18.8 Å². The molecule has 0 aliphatic heterocycles. The Hall–Kier alpha value is -2.24. The first kappa shape index (κ1) is 13.2. The van der Waals surface area contributed by atoms with Gasteiger partial charge in [-0.15, -0.1) is 5.10 Å². The Morgan fingerprint density at radius 3 is 2.68 bits per heavy atom. The molecule has 19 heavy (non-hydrogen) atoms. The number of nitrogens with zero attached hydrogens (tertiary/aromatic N) is 3. The number of benzene rings is 1. The number of para-hydroxylation sites is 1. The van der Waals surface area contributed by atoms with Crippen LogP contribution in [0.5, 0.6) is 0 Å². The summed E-state index contributed by atoms with van der Waals surface area (Å²) in [4.78, 5) is 17.7. The largest absolute Gasteiger partial charge is 0.303 e. The van der Waals surface area contributed by atoms with Crippen LogP contribution in [0.3, 0.4) is 0 Å². The first-order valence-electron chi connectivity index (χ1n) is 6.15. The van der Waals surface area contributed by atoms with Crippen LogP contribution in [0.1, 0.15) is 30.3 Å². The van der Waals surface area contributed by atoms with E-state index in [1.807, 2.05) is 6.92 Å². The Morgan fingerprint density at radius 2 is 2.11 bits per heavy atom. The van der Waals surface area contributed by atoms with Crippen LogP contribution in [0.2, 0.25) is 0 Å². The summed E-state index contributed by atoms with van der Waals surface area (Å²) in [5.74, 6) is -0.164. The van der Waals surface area contributed by atoms with Gasteiger partial charge in [-0.1, -0.05) is 19.1 Å². The number of nitrogens with one attached hydrogen (secondary N) is 1. The Morgan fingerprint density at radius 1 is 1.37 bits per heavy atom. The van der Waals surface area contributed by atoms with E-state index < -0.39 is 11.7 Å². The molecule has 0 aliphatic carbocycles. The molecule has 0 aliphatic rings. The molecule has 100 valence electrons. The molecule has 0 radical (unpaired) electrons. The highest BCUT2D eigenvalue weighted by atomic mass is 19.1. The minimum Gasteiger partial charge on any atom is -0.303 e. The van der Waals surface area contributed by atoms with Crippen molar-refractivity contribution in [1.29, 1.82) is 0 Å². The van der Waals surface area contributed by atoms with E-state index in [2.05, 4.69) is 15.2 Å². The van der Waals surface area contributed by atoms with Gasteiger partial charge < -0.3 is 4.90 Å². The second-order valence-electron chi connectivity index (χ2n) is 3.96. The van der Waals surface area contributed by atoms with Gasteiger partial charge in [-0.3, -0.25) is 9.89 Å². The molecule has 1 amide bonds. The maximum Gasteiger partial charge on any atom is 0.298 e. The predicted octanol–water partition coefficient (Wildman–Crippen LogP) is 2.17. The van der Waals surface area contributed by atoms with Crippen molar-refractivity contribution < 1.29 is 9.18 Å². The normalized spacial score (nSPS) is 10.5. The van der Waals surface area contributed by atoms with Gasteiger partial charge in [-0.2, -0.15) is 0 Å². The average Bonchev–Trinajstić information content (AvgIpc) is 2.90. The lowest BCUT2D eigenvalue weighted by Gasteiger charge is -2.19. The molecule has 0 saturated heterocycles. The molecule has 1 heterocycles. The Balaban J connectivity index is 2.32. The third-order valence-electron chi connectivity index (χ3n) is 2.76. The first-order chi connectivity index (χ1) is 9.17. The minimum absolute atomic E-state index is 0.0574. The summed E-state index contributed by atoms with van der Waals surface area (Å²) >= 11 is 0. The van der Waals surface area contributed by atoms with Crippen LogP contribution in [-0.2, 0) is 6.42 Å². The number of rotatable bonds is 4. The lowest BCUT2D eigenvalue weighted by molar-refractivity contribution is 0.0978. The van der Waals surface area contributed by atoms with Crippen LogP contribution in [0.4, 0.5) is 10.1 Å². The van der Waals surface area contributed by atoms with E-state index in [-0.39, 0.29) is 11.5 Å². The average molecular weight is 262 g/mol. The molecule has 0 fully saturated rings. The maximum absolute atomic E-state index is 13.7. The van der Waals surface area contributed by atoms with Crippen LogP contribution in [0.25, 0.3) is 0 Å². The number of anilines is 1. The number of aryl methyl sites for hydroxylation is 1. The molecule has 1 aromatic heterocycles. The number of hydrogen-bond acceptors (Lipinski definition) is 3. The Bertz CT molecular complexity index is 582. The molecule has 0 unspecified atom stereocenters. The monoisotopic (exact) mass is 262 g/mol. The molecule has 0 saturated carbocycles. The van der Waals surface area contributed by atoms with Crippen molar-refractivity contribution in [2.75, 3.05) is 11.4 Å². The third-order valence-corrected chi connectivity index (χ3v) is 2.76. The number of carbonyl (C=O) groups excluding carboxylic acids is 1. The fourth-order valence-corrected chi connectivity index (χ4v) is 1.76. The Kier molecular flexibility index (Phi) is 3.89. The van der Waals surface area contributed by atoms with E-state index in [1.165, 1.54) is 11.0 Å². The number of amides is 1. The van der Waals surface area contributed by atoms with Crippen molar-refractivity contribution in [2.45, 2.75) is 20.3 Å². The topological polar surface area (TPSA) is 61.9 Å². The number of hydrogen-bond donors (Lipinski definition) is 1. The summed E-state index contributed by atoms with van der Waals surface area (Å²) in [6.07, 6.45) is 0.659. The summed E-state index contributed by atoms with van der Waals surface area (Å²) < 4.78 is 13.7. The lowest BCUT2D eigenvalue weighted by Crippen LogP contribution is -2.32. The van der Waals surface area contributed by atoms with Crippen LogP contribution in [-0.4, -0.2) is 27.6 Å². The molecule has 1 N–H and O–H groups in total. The maximum atomic E-state index is 13.7. The molecule has 0 atom stereocenters. The van der Waals surface area contributed by atoms with Crippen LogP contribution < -0.4 is 4.90 Å². The van der Waals surface area contributed by atoms with Gasteiger partial charge in [0.15, 0.2) is 0 Å². The summed E-state index contributed by atoms with van der Waals surface area (Å²) in [6, 6.07) is 6.15. The summed E-state index contributed by atoms with van der Waals surface area (Å²) in [7, 11) is 0. The van der Waals surface area contributed by atoms with E-state index >= 15 is 0 Å². The van der Waals surface area contributed by atoms with Crippen molar-refractivity contribution in [3.63, 3.8) is 0 Å². The molecule has 6 heteroatoms. The zero-order chi connectivity index (χ0) is 13.8. The zero-order valence-electron chi connectivity index (χ0n) is 10.9. The molecule has 0 spiro atoms. The molecule has 2 rings (SSSR count). The van der Waals surface area contributed by atoms with Gasteiger partial charge in [-0.05, 0) is 19.1 Å². The number of H-pyrrole nitrogens is 1. The van der Waals surface area contributed by atoms with Gasteiger partial charge in [0.05, 0.1) is 5.69 Å². The van der Waals surface area contributed by atoms with Gasteiger partial charge in [0.2, 0.25) is 5.82 Å². The number of halogens is 1. The summed E-state index contributed by atoms with van der Waals surface area (Å²) in [6.45, 7) is 4.02. The molecule has 0 bridgehead atoms. The van der Waals surface area contributed by atoms with Crippen molar-refractivity contribution in [3.8, 4) is 0 Å². The third kappa shape index (κ3) is 2.62. The van der Waals surface area contributed by atoms with Gasteiger partial charge in [0, 0.05) is 13.0 Å². The van der Waals surface area contributed by atoms with E-state index in [9.17, 15) is 9.18 Å². The van der Waals surface area contributed by atoms with Crippen molar-refractivity contribution in [2.24, 2.45) is 0 Å². The number of carbonyl (C=O) groups is 1. The summed E-state index contributed by atoms with van der Waals surface area (Å²) in [5, 5.41) is 6.54. The quantitative estimate of drug-likeness (QED) is 0.918. The molecule has 5 nitrogen and oxygen atoms in total. The van der Waals surface area contributed by atoms with Crippen molar-refractivity contribution >= 4 is 11.6 Å². The SMILES string of the molecule is CCc1nc(C(=O)N(CC)c2ccccc2F)n[nH]1. The highest BCUT2D eigenvalue weighted by Crippen LogP contribution is 2.19. The first-order valence-corrected chi connectivity index (χ1v) is 6.15. The second kappa shape index (κ2) is 5.60. The van der Waals surface area contributed by atoms with E-state index in [0.717, 1.165) is 0 Å². The smallest absolute Gasteiger partial charge is 0.298 e. The summed E-state index contributed by atoms with van der Waals surface area (Å²) in [5.41, 5.74) is 0.234. The molecular formula is C13H15FN4O. The Labute approximate surface area is 110 Å². The van der Waals surface area contributed by atoms with Crippen LogP contribution in [0, 0.1) is 5.82 Å². The van der Waals surface area contributed by atoms with Crippen molar-refractivity contribution in [1.82, 2.24) is 15.2 Å².